The van der Waals surface area contributed by atoms with Crippen molar-refractivity contribution < 1.29 is 14.7 Å². The van der Waals surface area contributed by atoms with E-state index in [0.29, 0.717) is 13.1 Å². The van der Waals surface area contributed by atoms with Crippen LogP contribution >= 0.6 is 0 Å². The Hall–Kier alpha value is -1.85. The van der Waals surface area contributed by atoms with Gasteiger partial charge in [0.05, 0.1) is 0 Å². The van der Waals surface area contributed by atoms with Gasteiger partial charge in [0.25, 0.3) is 0 Å². The van der Waals surface area contributed by atoms with Gasteiger partial charge in [-0.05, 0) is 18.4 Å². The highest BCUT2D eigenvalue weighted by molar-refractivity contribution is 5.84. The molecule has 1 saturated heterocycles. The summed E-state index contributed by atoms with van der Waals surface area (Å²) in [7, 11) is 0. The van der Waals surface area contributed by atoms with Crippen molar-refractivity contribution in [2.75, 3.05) is 6.54 Å². The van der Waals surface area contributed by atoms with Crippen LogP contribution in [-0.4, -0.2) is 44.3 Å². The Morgan fingerprint density at radius 2 is 2.28 bits per heavy atom. The number of hydrogen-bond donors (Lipinski definition) is 1. The van der Waals surface area contributed by atoms with Crippen molar-refractivity contribution >= 4 is 11.9 Å². The molecule has 2 atom stereocenters. The molecule has 2 unspecified atom stereocenters. The number of nitrogens with zero attached hydrogens (tertiary/aromatic N) is 3. The first-order valence-electron chi connectivity index (χ1n) is 6.09. The standard InChI is InChI=1S/C12H17N3O3/c1-9-3-8-15(11(9)12(17)18)10(16)4-7-14-6-2-5-13-14/h2,5-6,9,11H,3-4,7-8H2,1H3,(H,17,18). The number of carbonyl (C=O) groups excluding carboxylic acids is 1. The molecule has 1 fully saturated rings. The molecule has 1 aliphatic rings. The Morgan fingerprint density at radius 3 is 2.89 bits per heavy atom. The Kier molecular flexibility index (Phi) is 3.64. The lowest BCUT2D eigenvalue weighted by molar-refractivity contribution is -0.149. The minimum absolute atomic E-state index is 0.0242. The van der Waals surface area contributed by atoms with E-state index in [-0.39, 0.29) is 18.2 Å². The van der Waals surface area contributed by atoms with Crippen LogP contribution in [0.5, 0.6) is 0 Å². The second kappa shape index (κ2) is 5.20. The molecular formula is C12H17N3O3. The van der Waals surface area contributed by atoms with Crippen LogP contribution in [0.3, 0.4) is 0 Å². The fraction of sp³-hybridized carbons (Fsp3) is 0.583. The van der Waals surface area contributed by atoms with E-state index >= 15 is 0 Å². The molecule has 1 N–H and O–H groups in total. The van der Waals surface area contributed by atoms with Crippen LogP contribution in [0.1, 0.15) is 19.8 Å². The molecule has 6 heteroatoms. The van der Waals surface area contributed by atoms with Crippen LogP contribution in [0.2, 0.25) is 0 Å². The van der Waals surface area contributed by atoms with E-state index in [2.05, 4.69) is 5.10 Å². The molecule has 2 heterocycles. The SMILES string of the molecule is CC1CCN(C(=O)CCn2cccn2)C1C(=O)O. The average Bonchev–Trinajstić information content (AvgIpc) is 2.94. The minimum atomic E-state index is -0.910. The van der Waals surface area contributed by atoms with Gasteiger partial charge in [0, 0.05) is 31.9 Å². The van der Waals surface area contributed by atoms with Crippen LogP contribution in [-0.2, 0) is 16.1 Å². The van der Waals surface area contributed by atoms with Gasteiger partial charge in [-0.2, -0.15) is 5.10 Å². The molecule has 0 aliphatic carbocycles. The number of amides is 1. The summed E-state index contributed by atoms with van der Waals surface area (Å²) < 4.78 is 1.67. The maximum Gasteiger partial charge on any atom is 0.326 e. The lowest BCUT2D eigenvalue weighted by atomic mass is 10.0. The van der Waals surface area contributed by atoms with Gasteiger partial charge in [-0.1, -0.05) is 6.92 Å². The van der Waals surface area contributed by atoms with E-state index < -0.39 is 12.0 Å². The van der Waals surface area contributed by atoms with Crippen LogP contribution in [0, 0.1) is 5.92 Å². The molecule has 1 aromatic rings. The summed E-state index contributed by atoms with van der Waals surface area (Å²) in [4.78, 5) is 24.7. The largest absolute Gasteiger partial charge is 0.480 e. The van der Waals surface area contributed by atoms with Crippen molar-refractivity contribution in [1.82, 2.24) is 14.7 Å². The number of likely N-dealkylation sites (tertiary alicyclic amines) is 1. The van der Waals surface area contributed by atoms with Gasteiger partial charge < -0.3 is 10.0 Å². The lowest BCUT2D eigenvalue weighted by Crippen LogP contribution is -2.43. The van der Waals surface area contributed by atoms with Gasteiger partial charge >= 0.3 is 5.97 Å². The van der Waals surface area contributed by atoms with Crippen LogP contribution in [0.15, 0.2) is 18.5 Å². The number of hydrogen-bond acceptors (Lipinski definition) is 3. The monoisotopic (exact) mass is 251 g/mol. The topological polar surface area (TPSA) is 75.4 Å². The fourth-order valence-corrected chi connectivity index (χ4v) is 2.39. The Labute approximate surface area is 105 Å². The van der Waals surface area contributed by atoms with Crippen LogP contribution in [0.4, 0.5) is 0 Å². The van der Waals surface area contributed by atoms with Gasteiger partial charge in [0.1, 0.15) is 6.04 Å². The number of carbonyl (C=O) groups is 2. The maximum atomic E-state index is 12.0. The van der Waals surface area contributed by atoms with Gasteiger partial charge in [0.2, 0.25) is 5.91 Å². The number of carboxylic acids is 1. The molecule has 0 radical (unpaired) electrons. The second-order valence-electron chi connectivity index (χ2n) is 4.66. The molecule has 18 heavy (non-hydrogen) atoms. The molecule has 0 spiro atoms. The molecule has 1 aromatic heterocycles. The molecule has 0 bridgehead atoms. The maximum absolute atomic E-state index is 12.0. The number of rotatable bonds is 4. The van der Waals surface area contributed by atoms with Gasteiger partial charge in [-0.15, -0.1) is 0 Å². The first kappa shape index (κ1) is 12.6. The summed E-state index contributed by atoms with van der Waals surface area (Å²) in [5.41, 5.74) is 0. The highest BCUT2D eigenvalue weighted by atomic mass is 16.4. The first-order valence-corrected chi connectivity index (χ1v) is 6.09. The zero-order valence-electron chi connectivity index (χ0n) is 10.3. The van der Waals surface area contributed by atoms with Crippen LogP contribution < -0.4 is 0 Å². The summed E-state index contributed by atoms with van der Waals surface area (Å²) in [6.07, 6.45) is 4.49. The van der Waals surface area contributed by atoms with E-state index in [1.54, 1.807) is 23.1 Å². The Balaban J connectivity index is 1.94. The number of aryl methyl sites for hydroxylation is 1. The average molecular weight is 251 g/mol. The summed E-state index contributed by atoms with van der Waals surface area (Å²) in [6, 6.07) is 1.12. The van der Waals surface area contributed by atoms with Crippen LogP contribution in [0.25, 0.3) is 0 Å². The van der Waals surface area contributed by atoms with Crippen molar-refractivity contribution in [3.63, 3.8) is 0 Å². The quantitative estimate of drug-likeness (QED) is 0.850. The summed E-state index contributed by atoms with van der Waals surface area (Å²) >= 11 is 0. The summed E-state index contributed by atoms with van der Waals surface area (Å²) in [5.74, 6) is -0.995. The smallest absolute Gasteiger partial charge is 0.326 e. The molecule has 2 rings (SSSR count). The van der Waals surface area contributed by atoms with Gasteiger partial charge in [0.15, 0.2) is 0 Å². The van der Waals surface area contributed by atoms with Crippen molar-refractivity contribution in [3.8, 4) is 0 Å². The molecule has 0 aromatic carbocycles. The van der Waals surface area contributed by atoms with E-state index in [0.717, 1.165) is 6.42 Å². The molecule has 98 valence electrons. The second-order valence-corrected chi connectivity index (χ2v) is 4.66. The highest BCUT2D eigenvalue weighted by Crippen LogP contribution is 2.24. The number of aliphatic carboxylic acids is 1. The molecule has 6 nitrogen and oxygen atoms in total. The zero-order valence-corrected chi connectivity index (χ0v) is 10.3. The predicted molar refractivity (Wildman–Crippen MR) is 63.8 cm³/mol. The third-order valence-corrected chi connectivity index (χ3v) is 3.39. The Bertz CT molecular complexity index is 430. The molecule has 1 amide bonds. The Morgan fingerprint density at radius 1 is 1.50 bits per heavy atom. The minimum Gasteiger partial charge on any atom is -0.480 e. The number of carboxylic acid groups (broad SMARTS) is 1. The van der Waals surface area contributed by atoms with Crippen molar-refractivity contribution in [2.45, 2.75) is 32.4 Å². The van der Waals surface area contributed by atoms with Crippen molar-refractivity contribution in [2.24, 2.45) is 5.92 Å². The van der Waals surface area contributed by atoms with E-state index in [1.165, 1.54) is 4.90 Å². The number of aromatic nitrogens is 2. The molecule has 0 saturated carbocycles. The van der Waals surface area contributed by atoms with Gasteiger partial charge in [-0.3, -0.25) is 9.48 Å². The predicted octanol–water partition coefficient (Wildman–Crippen LogP) is 0.595. The van der Waals surface area contributed by atoms with Crippen molar-refractivity contribution in [1.29, 1.82) is 0 Å². The zero-order chi connectivity index (χ0) is 13.1. The van der Waals surface area contributed by atoms with Crippen molar-refractivity contribution in [3.05, 3.63) is 18.5 Å². The lowest BCUT2D eigenvalue weighted by Gasteiger charge is -2.23. The highest BCUT2D eigenvalue weighted by Gasteiger charge is 2.38. The molecule has 1 aliphatic heterocycles. The normalized spacial score (nSPS) is 23.3. The summed E-state index contributed by atoms with van der Waals surface area (Å²) in [6.45, 7) is 2.90. The van der Waals surface area contributed by atoms with E-state index in [4.69, 9.17) is 5.11 Å². The molecular weight excluding hydrogens is 234 g/mol. The van der Waals surface area contributed by atoms with E-state index in [1.807, 2.05) is 6.92 Å². The third-order valence-electron chi connectivity index (χ3n) is 3.39. The van der Waals surface area contributed by atoms with E-state index in [9.17, 15) is 9.59 Å². The fourth-order valence-electron chi connectivity index (χ4n) is 2.39. The van der Waals surface area contributed by atoms with Gasteiger partial charge in [-0.25, -0.2) is 4.79 Å². The first-order chi connectivity index (χ1) is 8.59. The third kappa shape index (κ3) is 2.52. The summed E-state index contributed by atoms with van der Waals surface area (Å²) in [5, 5.41) is 13.2.